The number of carbonyl (C=O) groups excluding carboxylic acids is 1. The lowest BCUT2D eigenvalue weighted by Gasteiger charge is -2.11. The lowest BCUT2D eigenvalue weighted by Crippen LogP contribution is -2.44. The van der Waals surface area contributed by atoms with Crippen LogP contribution in [0.15, 0.2) is 22.7 Å². The minimum atomic E-state index is -0.657. The summed E-state index contributed by atoms with van der Waals surface area (Å²) in [7, 11) is 1.49. The van der Waals surface area contributed by atoms with E-state index in [1.54, 1.807) is 12.1 Å². The number of amides is 1. The van der Waals surface area contributed by atoms with Gasteiger partial charge in [-0.2, -0.15) is 0 Å². The van der Waals surface area contributed by atoms with E-state index in [9.17, 15) is 9.18 Å². The van der Waals surface area contributed by atoms with Crippen LogP contribution in [0, 0.1) is 5.82 Å². The molecule has 0 saturated carbocycles. The Hall–Kier alpha value is -0.690. The average molecular weight is 356 g/mol. The minimum Gasteiger partial charge on any atom is -0.383 e. The lowest BCUT2D eigenvalue weighted by molar-refractivity contribution is -0.123. The van der Waals surface area contributed by atoms with Gasteiger partial charge >= 0.3 is 0 Å². The summed E-state index contributed by atoms with van der Waals surface area (Å²) in [4.78, 5) is 11.5. The molecule has 0 spiro atoms. The molecule has 0 radical (unpaired) electrons. The average Bonchev–Trinajstić information content (AvgIpc) is 2.34. The molecule has 1 atom stereocenters. The van der Waals surface area contributed by atoms with E-state index in [4.69, 9.17) is 10.5 Å². The summed E-state index contributed by atoms with van der Waals surface area (Å²) in [6, 6.07) is 4.10. The maximum absolute atomic E-state index is 13.0. The van der Waals surface area contributed by atoms with Crippen molar-refractivity contribution in [2.45, 2.75) is 12.5 Å². The van der Waals surface area contributed by atoms with Crippen molar-refractivity contribution in [3.05, 3.63) is 34.1 Å². The molecule has 7 heteroatoms. The number of halogens is 3. The monoisotopic (exact) mass is 354 g/mol. The molecule has 1 amide bonds. The first kappa shape index (κ1) is 18.3. The molecule has 1 unspecified atom stereocenters. The molecule has 108 valence electrons. The number of methoxy groups -OCH3 is 1. The highest BCUT2D eigenvalue weighted by Crippen LogP contribution is 2.16. The van der Waals surface area contributed by atoms with Gasteiger partial charge < -0.3 is 15.8 Å². The molecule has 0 heterocycles. The van der Waals surface area contributed by atoms with Crippen molar-refractivity contribution in [2.75, 3.05) is 20.3 Å². The second kappa shape index (κ2) is 9.25. The van der Waals surface area contributed by atoms with Crippen LogP contribution in [0.4, 0.5) is 4.39 Å². The van der Waals surface area contributed by atoms with Gasteiger partial charge in [-0.1, -0.05) is 6.07 Å². The Kier molecular flexibility index (Phi) is 8.92. The van der Waals surface area contributed by atoms with Gasteiger partial charge in [0, 0.05) is 13.7 Å². The third kappa shape index (κ3) is 6.33. The molecule has 1 aromatic rings. The second-order valence-electron chi connectivity index (χ2n) is 3.85. The quantitative estimate of drug-likeness (QED) is 0.815. The van der Waals surface area contributed by atoms with Crippen molar-refractivity contribution in [2.24, 2.45) is 5.73 Å². The summed E-state index contributed by atoms with van der Waals surface area (Å²) in [5, 5.41) is 2.70. The molecule has 0 bridgehead atoms. The molecule has 3 N–H and O–H groups in total. The first-order chi connectivity index (χ1) is 8.54. The summed E-state index contributed by atoms with van der Waals surface area (Å²) in [6.45, 7) is 0.641. The third-order valence-electron chi connectivity index (χ3n) is 2.38. The highest BCUT2D eigenvalue weighted by Gasteiger charge is 2.11. The molecule has 0 aliphatic rings. The van der Waals surface area contributed by atoms with Crippen molar-refractivity contribution in [1.29, 1.82) is 0 Å². The highest BCUT2D eigenvalue weighted by atomic mass is 79.9. The molecule has 0 fully saturated rings. The number of hydrogen-bond acceptors (Lipinski definition) is 3. The summed E-state index contributed by atoms with van der Waals surface area (Å²) in [5.74, 6) is -0.553. The fraction of sp³-hybridized carbons (Fsp3) is 0.417. The van der Waals surface area contributed by atoms with Crippen molar-refractivity contribution >= 4 is 34.2 Å². The van der Waals surface area contributed by atoms with Gasteiger partial charge in [-0.3, -0.25) is 4.79 Å². The van der Waals surface area contributed by atoms with Gasteiger partial charge in [-0.05, 0) is 40.0 Å². The normalized spacial score (nSPS) is 11.6. The van der Waals surface area contributed by atoms with Crippen LogP contribution in [-0.2, 0) is 16.0 Å². The largest absolute Gasteiger partial charge is 0.383 e. The van der Waals surface area contributed by atoms with E-state index in [1.807, 2.05) is 0 Å². The van der Waals surface area contributed by atoms with Gasteiger partial charge in [0.1, 0.15) is 11.9 Å². The molecule has 0 aliphatic heterocycles. The predicted molar refractivity (Wildman–Crippen MR) is 77.9 cm³/mol. The first-order valence-corrected chi connectivity index (χ1v) is 6.30. The maximum atomic E-state index is 13.0. The zero-order chi connectivity index (χ0) is 13.5. The number of hydrogen-bond donors (Lipinski definition) is 2. The van der Waals surface area contributed by atoms with E-state index in [1.165, 1.54) is 13.2 Å². The zero-order valence-electron chi connectivity index (χ0n) is 10.5. The van der Waals surface area contributed by atoms with Gasteiger partial charge in [0.15, 0.2) is 0 Å². The third-order valence-corrected chi connectivity index (χ3v) is 2.99. The fourth-order valence-electron chi connectivity index (χ4n) is 1.41. The topological polar surface area (TPSA) is 64.3 Å². The highest BCUT2D eigenvalue weighted by molar-refractivity contribution is 9.10. The van der Waals surface area contributed by atoms with Crippen molar-refractivity contribution < 1.29 is 13.9 Å². The minimum absolute atomic E-state index is 0. The smallest absolute Gasteiger partial charge is 0.239 e. The molecule has 0 saturated heterocycles. The van der Waals surface area contributed by atoms with Gasteiger partial charge in [0.05, 0.1) is 11.1 Å². The predicted octanol–water partition coefficient (Wildman–Crippen LogP) is 1.64. The SMILES string of the molecule is COCC(N)C(=O)NCCc1ccc(F)c(Br)c1.Cl. The first-order valence-electron chi connectivity index (χ1n) is 5.50. The van der Waals surface area contributed by atoms with Gasteiger partial charge in [-0.15, -0.1) is 12.4 Å². The van der Waals surface area contributed by atoms with Crippen LogP contribution in [0.2, 0.25) is 0 Å². The fourth-order valence-corrected chi connectivity index (χ4v) is 1.84. The standard InChI is InChI=1S/C12H16BrFN2O2.ClH/c1-18-7-11(15)12(17)16-5-4-8-2-3-10(14)9(13)6-8;/h2-3,6,11H,4-5,7,15H2,1H3,(H,16,17);1H. The number of carbonyl (C=O) groups is 1. The summed E-state index contributed by atoms with van der Waals surface area (Å²) in [6.07, 6.45) is 0.615. The summed E-state index contributed by atoms with van der Waals surface area (Å²) >= 11 is 3.11. The number of rotatable bonds is 6. The van der Waals surface area contributed by atoms with Crippen molar-refractivity contribution in [3.8, 4) is 0 Å². The van der Waals surface area contributed by atoms with Crippen molar-refractivity contribution in [1.82, 2.24) is 5.32 Å². The van der Waals surface area contributed by atoms with Crippen LogP contribution < -0.4 is 11.1 Å². The molecule has 19 heavy (non-hydrogen) atoms. The van der Waals surface area contributed by atoms with Gasteiger partial charge in [-0.25, -0.2) is 4.39 Å². The van der Waals surface area contributed by atoms with E-state index < -0.39 is 6.04 Å². The number of ether oxygens (including phenoxy) is 1. The van der Waals surface area contributed by atoms with E-state index in [2.05, 4.69) is 21.2 Å². The van der Waals surface area contributed by atoms with Crippen LogP contribution in [0.25, 0.3) is 0 Å². The number of nitrogens with one attached hydrogen (secondary N) is 1. The zero-order valence-corrected chi connectivity index (χ0v) is 12.9. The van der Waals surface area contributed by atoms with Crippen LogP contribution in [-0.4, -0.2) is 32.2 Å². The number of benzene rings is 1. The van der Waals surface area contributed by atoms with Crippen LogP contribution in [0.5, 0.6) is 0 Å². The van der Waals surface area contributed by atoms with E-state index in [-0.39, 0.29) is 30.7 Å². The van der Waals surface area contributed by atoms with E-state index in [0.29, 0.717) is 17.4 Å². The maximum Gasteiger partial charge on any atom is 0.239 e. The van der Waals surface area contributed by atoms with Gasteiger partial charge in [0.25, 0.3) is 0 Å². The van der Waals surface area contributed by atoms with Crippen molar-refractivity contribution in [3.63, 3.8) is 0 Å². The Bertz CT molecular complexity index is 421. The molecular formula is C12H17BrClFN2O2. The van der Waals surface area contributed by atoms with Crippen LogP contribution >= 0.6 is 28.3 Å². The Morgan fingerprint density at radius 3 is 2.84 bits per heavy atom. The second-order valence-corrected chi connectivity index (χ2v) is 4.71. The summed E-state index contributed by atoms with van der Waals surface area (Å²) in [5.41, 5.74) is 6.49. The summed E-state index contributed by atoms with van der Waals surface area (Å²) < 4.78 is 18.2. The van der Waals surface area contributed by atoms with E-state index in [0.717, 1.165) is 5.56 Å². The molecule has 0 aliphatic carbocycles. The Labute approximate surface area is 126 Å². The lowest BCUT2D eigenvalue weighted by atomic mass is 10.1. The van der Waals surface area contributed by atoms with Gasteiger partial charge in [0.2, 0.25) is 5.91 Å². The van der Waals surface area contributed by atoms with Crippen LogP contribution in [0.1, 0.15) is 5.56 Å². The molecule has 1 rings (SSSR count). The molecule has 1 aromatic carbocycles. The molecule has 4 nitrogen and oxygen atoms in total. The number of nitrogens with two attached hydrogens (primary N) is 1. The Balaban J connectivity index is 0.00000324. The molecular weight excluding hydrogens is 338 g/mol. The Morgan fingerprint density at radius 2 is 2.26 bits per heavy atom. The molecule has 0 aromatic heterocycles. The van der Waals surface area contributed by atoms with E-state index >= 15 is 0 Å². The Morgan fingerprint density at radius 1 is 1.58 bits per heavy atom. The van der Waals surface area contributed by atoms with Crippen LogP contribution in [0.3, 0.4) is 0 Å².